The molecule has 2 aromatic rings. The van der Waals surface area contributed by atoms with Crippen LogP contribution < -0.4 is 0 Å². The molecule has 0 atom stereocenters. The molecule has 4 heteroatoms. The van der Waals surface area contributed by atoms with Crippen LogP contribution in [0.1, 0.15) is 25.2 Å². The number of fused-ring (bicyclic) bond motifs is 1. The summed E-state index contributed by atoms with van der Waals surface area (Å²) in [5.41, 5.74) is -0.805. The summed E-state index contributed by atoms with van der Waals surface area (Å²) in [6, 6.07) is 5.58. The maximum absolute atomic E-state index is 12.5. The van der Waals surface area contributed by atoms with Crippen LogP contribution in [0.4, 0.5) is 13.2 Å². The van der Waals surface area contributed by atoms with Crippen molar-refractivity contribution in [1.82, 2.24) is 0 Å². The Bertz CT molecular complexity index is 469. The van der Waals surface area contributed by atoms with E-state index in [1.54, 1.807) is 19.1 Å². The van der Waals surface area contributed by atoms with Gasteiger partial charge >= 0.3 is 6.18 Å². The minimum absolute atomic E-state index is 0.0856. The monoisotopic (exact) mass is 230 g/mol. The molecule has 0 saturated heterocycles. The Morgan fingerprint density at radius 1 is 1.12 bits per heavy atom. The van der Waals surface area contributed by atoms with Gasteiger partial charge in [0.25, 0.3) is 0 Å². The Balaban J connectivity index is 0.000000606. The maximum atomic E-state index is 12.5. The van der Waals surface area contributed by atoms with Gasteiger partial charge in [0.2, 0.25) is 0 Å². The fraction of sp³-hybridized carbons (Fsp3) is 0.333. The van der Waals surface area contributed by atoms with Gasteiger partial charge in [-0.2, -0.15) is 13.2 Å². The molecule has 0 aliphatic carbocycles. The Hall–Kier alpha value is -1.45. The van der Waals surface area contributed by atoms with Crippen molar-refractivity contribution in [1.29, 1.82) is 0 Å². The topological polar surface area (TPSA) is 13.1 Å². The fourth-order valence-corrected chi connectivity index (χ4v) is 1.42. The molecule has 0 saturated carbocycles. The molecule has 0 aliphatic rings. The first kappa shape index (κ1) is 12.6. The molecule has 0 bridgehead atoms. The van der Waals surface area contributed by atoms with Crippen molar-refractivity contribution in [3.63, 3.8) is 0 Å². The second kappa shape index (κ2) is 4.60. The number of furan rings is 1. The lowest BCUT2D eigenvalue weighted by molar-refractivity contribution is -0.136. The van der Waals surface area contributed by atoms with Crippen LogP contribution in [0.2, 0.25) is 0 Å². The molecule has 1 aromatic carbocycles. The van der Waals surface area contributed by atoms with Gasteiger partial charge in [0.15, 0.2) is 0 Å². The van der Waals surface area contributed by atoms with Crippen molar-refractivity contribution in [2.24, 2.45) is 0 Å². The summed E-state index contributed by atoms with van der Waals surface area (Å²) in [7, 11) is 0. The zero-order valence-electron chi connectivity index (χ0n) is 9.35. The van der Waals surface area contributed by atoms with Crippen LogP contribution in [0, 0.1) is 6.92 Å². The van der Waals surface area contributed by atoms with Crippen LogP contribution in [0.3, 0.4) is 0 Å². The third-order valence-electron chi connectivity index (χ3n) is 1.97. The van der Waals surface area contributed by atoms with Crippen LogP contribution in [0.25, 0.3) is 11.0 Å². The standard InChI is InChI=1S/C10H7F3O.C2H6/c1-6-5-7-3-2-4-8(9(7)14-6)10(11,12)13;1-2/h2-5H,1H3;1-2H3. The first-order valence-corrected chi connectivity index (χ1v) is 5.05. The molecule has 0 unspecified atom stereocenters. The van der Waals surface area contributed by atoms with E-state index >= 15 is 0 Å². The largest absolute Gasteiger partial charge is 0.461 e. The molecule has 16 heavy (non-hydrogen) atoms. The summed E-state index contributed by atoms with van der Waals surface area (Å²) < 4.78 is 42.4. The molecular formula is C12H13F3O. The van der Waals surface area contributed by atoms with E-state index < -0.39 is 11.7 Å². The van der Waals surface area contributed by atoms with Crippen molar-refractivity contribution in [2.45, 2.75) is 26.9 Å². The average Bonchev–Trinajstić information content (AvgIpc) is 2.58. The summed E-state index contributed by atoms with van der Waals surface area (Å²) in [6.45, 7) is 5.63. The van der Waals surface area contributed by atoms with E-state index in [1.165, 1.54) is 6.07 Å². The third-order valence-corrected chi connectivity index (χ3v) is 1.97. The van der Waals surface area contributed by atoms with Gasteiger partial charge in [-0.25, -0.2) is 0 Å². The molecular weight excluding hydrogens is 217 g/mol. The van der Waals surface area contributed by atoms with Crippen LogP contribution >= 0.6 is 0 Å². The smallest absolute Gasteiger partial charge is 0.420 e. The first-order chi connectivity index (χ1) is 7.48. The van der Waals surface area contributed by atoms with Crippen molar-refractivity contribution in [3.05, 3.63) is 35.6 Å². The van der Waals surface area contributed by atoms with E-state index in [0.717, 1.165) is 6.07 Å². The number of halogens is 3. The zero-order valence-corrected chi connectivity index (χ0v) is 9.35. The zero-order chi connectivity index (χ0) is 12.3. The van der Waals surface area contributed by atoms with E-state index in [2.05, 4.69) is 0 Å². The van der Waals surface area contributed by atoms with Crippen molar-refractivity contribution in [3.8, 4) is 0 Å². The van der Waals surface area contributed by atoms with Gasteiger partial charge in [-0.3, -0.25) is 0 Å². The van der Waals surface area contributed by atoms with E-state index in [0.29, 0.717) is 11.1 Å². The molecule has 0 amide bonds. The SMILES string of the molecule is CC.Cc1cc2cccc(C(F)(F)F)c2o1. The molecule has 0 N–H and O–H groups in total. The van der Waals surface area contributed by atoms with E-state index in [-0.39, 0.29) is 5.58 Å². The molecule has 2 rings (SSSR count). The molecule has 1 nitrogen and oxygen atoms in total. The molecule has 1 aromatic heterocycles. The highest BCUT2D eigenvalue weighted by Crippen LogP contribution is 2.35. The lowest BCUT2D eigenvalue weighted by Crippen LogP contribution is -2.04. The maximum Gasteiger partial charge on any atom is 0.420 e. The van der Waals surface area contributed by atoms with E-state index in [1.807, 2.05) is 13.8 Å². The van der Waals surface area contributed by atoms with Crippen molar-refractivity contribution in [2.75, 3.05) is 0 Å². The quantitative estimate of drug-likeness (QED) is 0.634. The minimum Gasteiger partial charge on any atom is -0.461 e. The number of para-hydroxylation sites is 1. The Labute approximate surface area is 91.9 Å². The van der Waals surface area contributed by atoms with Crippen LogP contribution in [0.5, 0.6) is 0 Å². The van der Waals surface area contributed by atoms with Gasteiger partial charge in [0, 0.05) is 5.39 Å². The minimum atomic E-state index is -4.36. The average molecular weight is 230 g/mol. The summed E-state index contributed by atoms with van der Waals surface area (Å²) in [5.74, 6) is 0.483. The third kappa shape index (κ3) is 2.38. The highest BCUT2D eigenvalue weighted by atomic mass is 19.4. The summed E-state index contributed by atoms with van der Waals surface area (Å²) in [4.78, 5) is 0. The van der Waals surface area contributed by atoms with E-state index in [9.17, 15) is 13.2 Å². The summed E-state index contributed by atoms with van der Waals surface area (Å²) in [6.07, 6.45) is -4.36. The Morgan fingerprint density at radius 2 is 1.75 bits per heavy atom. The highest BCUT2D eigenvalue weighted by molar-refractivity contribution is 5.81. The number of aryl methyl sites for hydroxylation is 1. The second-order valence-corrected chi connectivity index (χ2v) is 3.08. The van der Waals surface area contributed by atoms with Gasteiger partial charge in [0.05, 0.1) is 5.56 Å². The lowest BCUT2D eigenvalue weighted by atomic mass is 10.1. The van der Waals surface area contributed by atoms with Crippen LogP contribution in [0.15, 0.2) is 28.7 Å². The number of hydrogen-bond acceptors (Lipinski definition) is 1. The summed E-state index contributed by atoms with van der Waals surface area (Å²) >= 11 is 0. The number of rotatable bonds is 0. The molecule has 0 spiro atoms. The van der Waals surface area contributed by atoms with Gasteiger partial charge < -0.3 is 4.42 Å². The van der Waals surface area contributed by atoms with Gasteiger partial charge in [-0.1, -0.05) is 26.0 Å². The predicted molar refractivity (Wildman–Crippen MR) is 57.3 cm³/mol. The fourth-order valence-electron chi connectivity index (χ4n) is 1.42. The Morgan fingerprint density at radius 3 is 2.31 bits per heavy atom. The van der Waals surface area contributed by atoms with Crippen LogP contribution in [-0.4, -0.2) is 0 Å². The van der Waals surface area contributed by atoms with Gasteiger partial charge in [0.1, 0.15) is 11.3 Å². The molecule has 1 heterocycles. The van der Waals surface area contributed by atoms with Crippen molar-refractivity contribution < 1.29 is 17.6 Å². The number of benzene rings is 1. The molecule has 0 radical (unpaired) electrons. The Kier molecular flexibility index (Phi) is 3.62. The molecule has 0 fully saturated rings. The van der Waals surface area contributed by atoms with Gasteiger partial charge in [-0.15, -0.1) is 0 Å². The summed E-state index contributed by atoms with van der Waals surface area (Å²) in [5, 5.41) is 0.484. The van der Waals surface area contributed by atoms with Crippen LogP contribution in [-0.2, 0) is 6.18 Å². The predicted octanol–water partition coefficient (Wildman–Crippen LogP) is 4.79. The van der Waals surface area contributed by atoms with Gasteiger partial charge in [-0.05, 0) is 19.1 Å². The molecule has 88 valence electrons. The second-order valence-electron chi connectivity index (χ2n) is 3.08. The first-order valence-electron chi connectivity index (χ1n) is 5.05. The number of alkyl halides is 3. The highest BCUT2D eigenvalue weighted by Gasteiger charge is 2.33. The lowest BCUT2D eigenvalue weighted by Gasteiger charge is -2.05. The van der Waals surface area contributed by atoms with Crippen molar-refractivity contribution >= 4 is 11.0 Å². The number of hydrogen-bond donors (Lipinski definition) is 0. The molecule has 0 aliphatic heterocycles. The normalized spacial score (nSPS) is 11.1. The van der Waals surface area contributed by atoms with E-state index in [4.69, 9.17) is 4.42 Å².